The largest absolute Gasteiger partial charge is 0.489 e. The molecule has 1 amide bonds. The van der Waals surface area contributed by atoms with Gasteiger partial charge in [0.05, 0.1) is 31.2 Å². The van der Waals surface area contributed by atoms with Crippen molar-refractivity contribution in [2.45, 2.75) is 71.8 Å². The Morgan fingerprint density at radius 2 is 1.89 bits per heavy atom. The number of carbonyl (C=O) groups excluding carboxylic acids is 2. The lowest BCUT2D eigenvalue weighted by atomic mass is 10.1. The highest BCUT2D eigenvalue weighted by Gasteiger charge is 2.37. The maximum Gasteiger partial charge on any atom is 0.337 e. The molecule has 1 aromatic carbocycles. The van der Waals surface area contributed by atoms with E-state index in [1.54, 1.807) is 36.3 Å². The molecule has 1 atom stereocenters. The van der Waals surface area contributed by atoms with Crippen molar-refractivity contribution in [2.24, 2.45) is 0 Å². The van der Waals surface area contributed by atoms with E-state index in [4.69, 9.17) is 18.9 Å². The van der Waals surface area contributed by atoms with Gasteiger partial charge in [-0.1, -0.05) is 20.8 Å². The summed E-state index contributed by atoms with van der Waals surface area (Å²) in [6.45, 7) is 17.6. The third-order valence-corrected chi connectivity index (χ3v) is 11.8. The number of esters is 1. The molecule has 0 saturated carbocycles. The van der Waals surface area contributed by atoms with Gasteiger partial charge < -0.3 is 29.0 Å². The maximum atomic E-state index is 12.7. The lowest BCUT2D eigenvalue weighted by Crippen LogP contribution is -2.53. The van der Waals surface area contributed by atoms with Gasteiger partial charge in [-0.25, -0.2) is 9.78 Å². The predicted molar refractivity (Wildman–Crippen MR) is 152 cm³/mol. The van der Waals surface area contributed by atoms with Gasteiger partial charge in [-0.3, -0.25) is 4.79 Å². The Bertz CT molecular complexity index is 1180. The van der Waals surface area contributed by atoms with Gasteiger partial charge in [0.25, 0.3) is 0 Å². The Balaban J connectivity index is 1.88. The average molecular weight is 544 g/mol. The van der Waals surface area contributed by atoms with Crippen LogP contribution in [0.2, 0.25) is 18.1 Å². The minimum Gasteiger partial charge on any atom is -0.489 e. The van der Waals surface area contributed by atoms with E-state index in [1.807, 2.05) is 25.7 Å². The number of hydrogen-bond donors (Lipinski definition) is 1. The Labute approximate surface area is 226 Å². The summed E-state index contributed by atoms with van der Waals surface area (Å²) in [7, 11) is 1.15. The van der Waals surface area contributed by atoms with E-state index in [-0.39, 0.29) is 23.0 Å². The van der Waals surface area contributed by atoms with Crippen LogP contribution in [0.15, 0.2) is 24.4 Å². The van der Waals surface area contributed by atoms with Crippen molar-refractivity contribution in [1.82, 2.24) is 9.97 Å². The van der Waals surface area contributed by atoms with Gasteiger partial charge in [0.2, 0.25) is 11.9 Å². The number of carbonyl (C=O) groups is 2. The molecule has 0 unspecified atom stereocenters. The number of methoxy groups -OCH3 is 1. The zero-order chi connectivity index (χ0) is 28.4. The molecule has 208 valence electrons. The van der Waals surface area contributed by atoms with Gasteiger partial charge in [0.1, 0.15) is 24.1 Å². The Kier molecular flexibility index (Phi) is 8.72. The van der Waals surface area contributed by atoms with Crippen LogP contribution in [0.3, 0.4) is 0 Å². The number of amides is 1. The van der Waals surface area contributed by atoms with E-state index in [2.05, 4.69) is 44.2 Å². The standard InChI is InChI=1S/C27H41N5O5Si/c1-17(2)32-18(3)24(33)31(7)21-16-28-26(30-23(21)32)29-20-12-11-19(25(34)35-8)15-22(20)36-13-14-37-38(9,10)27(4,5)6/h11-12,15-18H,13-14H2,1-10H3,(H,28,29,30)/t18-/m1/s1. The zero-order valence-corrected chi connectivity index (χ0v) is 25.2. The number of anilines is 4. The molecule has 0 bridgehead atoms. The topological polar surface area (TPSA) is 106 Å². The summed E-state index contributed by atoms with van der Waals surface area (Å²) < 4.78 is 17.2. The lowest BCUT2D eigenvalue weighted by Gasteiger charge is -2.41. The van der Waals surface area contributed by atoms with Crippen molar-refractivity contribution in [2.75, 3.05) is 42.5 Å². The van der Waals surface area contributed by atoms with Crippen LogP contribution >= 0.6 is 0 Å². The lowest BCUT2D eigenvalue weighted by molar-refractivity contribution is -0.119. The van der Waals surface area contributed by atoms with Crippen molar-refractivity contribution >= 4 is 43.3 Å². The molecule has 2 aromatic rings. The average Bonchev–Trinajstić information content (AvgIpc) is 2.84. The van der Waals surface area contributed by atoms with Crippen LogP contribution in [-0.4, -0.2) is 69.6 Å². The smallest absolute Gasteiger partial charge is 0.337 e. The second kappa shape index (κ2) is 11.3. The molecule has 0 fully saturated rings. The molecule has 0 saturated heterocycles. The van der Waals surface area contributed by atoms with E-state index >= 15 is 0 Å². The van der Waals surface area contributed by atoms with Gasteiger partial charge in [0.15, 0.2) is 14.1 Å². The van der Waals surface area contributed by atoms with E-state index in [1.165, 1.54) is 7.11 Å². The monoisotopic (exact) mass is 543 g/mol. The van der Waals surface area contributed by atoms with Crippen LogP contribution in [0.5, 0.6) is 5.75 Å². The van der Waals surface area contributed by atoms with Crippen LogP contribution in [0.1, 0.15) is 51.9 Å². The summed E-state index contributed by atoms with van der Waals surface area (Å²) in [5, 5.41) is 3.32. The van der Waals surface area contributed by atoms with Gasteiger partial charge in [-0.15, -0.1) is 0 Å². The molecule has 38 heavy (non-hydrogen) atoms. The van der Waals surface area contributed by atoms with Gasteiger partial charge >= 0.3 is 5.97 Å². The number of aromatic nitrogens is 2. The first kappa shape index (κ1) is 29.4. The molecule has 0 spiro atoms. The molecule has 1 aliphatic rings. The van der Waals surface area contributed by atoms with E-state index in [0.29, 0.717) is 47.7 Å². The van der Waals surface area contributed by atoms with Gasteiger partial charge in [-0.2, -0.15) is 4.98 Å². The van der Waals surface area contributed by atoms with Crippen molar-refractivity contribution in [1.29, 1.82) is 0 Å². The summed E-state index contributed by atoms with van der Waals surface area (Å²) >= 11 is 0. The first-order valence-electron chi connectivity index (χ1n) is 12.9. The molecule has 11 heteroatoms. The highest BCUT2D eigenvalue weighted by molar-refractivity contribution is 6.74. The van der Waals surface area contributed by atoms with Gasteiger partial charge in [0, 0.05) is 13.1 Å². The van der Waals surface area contributed by atoms with Crippen molar-refractivity contribution in [3.63, 3.8) is 0 Å². The second-order valence-electron chi connectivity index (χ2n) is 11.3. The highest BCUT2D eigenvalue weighted by Crippen LogP contribution is 2.38. The number of hydrogen-bond acceptors (Lipinski definition) is 9. The minimum absolute atomic E-state index is 0.00971. The molecular formula is C27H41N5O5Si. The Morgan fingerprint density at radius 1 is 1.21 bits per heavy atom. The van der Waals surface area contributed by atoms with Crippen LogP contribution in [0, 0.1) is 0 Å². The fourth-order valence-corrected chi connectivity index (χ4v) is 5.05. The molecule has 0 aliphatic carbocycles. The Hall–Kier alpha value is -3.18. The molecule has 0 radical (unpaired) electrons. The number of fused-ring (bicyclic) bond motifs is 1. The van der Waals surface area contributed by atoms with Crippen LogP contribution in [0.25, 0.3) is 0 Å². The third kappa shape index (κ3) is 6.10. The first-order chi connectivity index (χ1) is 17.7. The number of nitrogens with one attached hydrogen (secondary N) is 1. The summed E-state index contributed by atoms with van der Waals surface area (Å²) in [6.07, 6.45) is 1.64. The number of benzene rings is 1. The number of nitrogens with zero attached hydrogens (tertiary/aromatic N) is 4. The number of likely N-dealkylation sites (N-methyl/N-ethyl adjacent to an activating group) is 1. The summed E-state index contributed by atoms with van der Waals surface area (Å²) in [6, 6.07) is 4.73. The highest BCUT2D eigenvalue weighted by atomic mass is 28.4. The molecule has 1 aliphatic heterocycles. The molecule has 1 N–H and O–H groups in total. The van der Waals surface area contributed by atoms with Crippen molar-refractivity contribution in [3.05, 3.63) is 30.0 Å². The summed E-state index contributed by atoms with van der Waals surface area (Å²) in [5.41, 5.74) is 1.60. The fourth-order valence-electron chi connectivity index (χ4n) is 4.02. The minimum atomic E-state index is -1.92. The maximum absolute atomic E-state index is 12.7. The SMILES string of the molecule is COC(=O)c1ccc(Nc2ncc3c(n2)N(C(C)C)[C@H](C)C(=O)N3C)c(OCCO[Si](C)(C)C(C)(C)C)c1. The van der Waals surface area contributed by atoms with E-state index < -0.39 is 14.3 Å². The quantitative estimate of drug-likeness (QED) is 0.266. The normalized spacial score (nSPS) is 16.0. The molecule has 3 rings (SSSR count). The number of ether oxygens (including phenoxy) is 2. The molecule has 1 aromatic heterocycles. The van der Waals surface area contributed by atoms with Crippen LogP contribution in [-0.2, 0) is 14.0 Å². The van der Waals surface area contributed by atoms with E-state index in [0.717, 1.165) is 0 Å². The summed E-state index contributed by atoms with van der Waals surface area (Å²) in [4.78, 5) is 37.7. The summed E-state index contributed by atoms with van der Waals surface area (Å²) in [5.74, 6) is 0.998. The van der Waals surface area contributed by atoms with E-state index in [9.17, 15) is 9.59 Å². The van der Waals surface area contributed by atoms with Crippen molar-refractivity contribution in [3.8, 4) is 5.75 Å². The number of rotatable bonds is 9. The third-order valence-electron chi connectivity index (χ3n) is 7.28. The molecule has 2 heterocycles. The second-order valence-corrected chi connectivity index (χ2v) is 16.1. The molecule has 10 nitrogen and oxygen atoms in total. The fraction of sp³-hybridized carbons (Fsp3) is 0.556. The first-order valence-corrected chi connectivity index (χ1v) is 15.8. The van der Waals surface area contributed by atoms with Crippen LogP contribution < -0.4 is 19.9 Å². The zero-order valence-electron chi connectivity index (χ0n) is 24.2. The molecular weight excluding hydrogens is 502 g/mol. The van der Waals surface area contributed by atoms with Crippen LogP contribution in [0.4, 0.5) is 23.1 Å². The Morgan fingerprint density at radius 3 is 2.50 bits per heavy atom. The van der Waals surface area contributed by atoms with Gasteiger partial charge in [-0.05, 0) is 57.1 Å². The van der Waals surface area contributed by atoms with Crippen molar-refractivity contribution < 1.29 is 23.5 Å². The predicted octanol–water partition coefficient (Wildman–Crippen LogP) is 4.99.